The molecule has 3 aromatic carbocycles. The van der Waals surface area contributed by atoms with E-state index in [4.69, 9.17) is 4.74 Å². The van der Waals surface area contributed by atoms with Crippen molar-refractivity contribution in [2.75, 3.05) is 12.4 Å². The van der Waals surface area contributed by atoms with Gasteiger partial charge in [0.1, 0.15) is 5.75 Å². The van der Waals surface area contributed by atoms with Crippen LogP contribution in [0.1, 0.15) is 21.5 Å². The number of benzene rings is 3. The maximum atomic E-state index is 12.6. The van der Waals surface area contributed by atoms with E-state index >= 15 is 0 Å². The molecule has 0 spiro atoms. The molecule has 0 aliphatic rings. The van der Waals surface area contributed by atoms with E-state index in [2.05, 4.69) is 10.0 Å². The molecule has 0 aromatic heterocycles. The van der Waals surface area contributed by atoms with E-state index in [0.717, 1.165) is 5.56 Å². The summed E-state index contributed by atoms with van der Waals surface area (Å²) in [6, 6.07) is 20.6. The zero-order valence-corrected chi connectivity index (χ0v) is 17.0. The quantitative estimate of drug-likeness (QED) is 0.622. The number of ether oxygens (including phenoxy) is 1. The van der Waals surface area contributed by atoms with Crippen molar-refractivity contribution < 1.29 is 17.9 Å². The SMILES string of the molecule is COc1ccc(CNS(=O)(=O)c2ccc(NC(=O)c3ccccc3)c(C)c2)cc1. The van der Waals surface area contributed by atoms with Crippen molar-refractivity contribution in [3.63, 3.8) is 0 Å². The molecule has 7 heteroatoms. The van der Waals surface area contributed by atoms with Gasteiger partial charge in [-0.1, -0.05) is 30.3 Å². The Morgan fingerprint density at radius 2 is 1.66 bits per heavy atom. The highest BCUT2D eigenvalue weighted by Gasteiger charge is 2.16. The van der Waals surface area contributed by atoms with E-state index in [9.17, 15) is 13.2 Å². The second-order valence-corrected chi connectivity index (χ2v) is 8.24. The fourth-order valence-corrected chi connectivity index (χ4v) is 3.84. The largest absolute Gasteiger partial charge is 0.497 e. The third kappa shape index (κ3) is 5.22. The van der Waals surface area contributed by atoms with Crippen molar-refractivity contribution in [2.24, 2.45) is 0 Å². The second-order valence-electron chi connectivity index (χ2n) is 6.47. The van der Waals surface area contributed by atoms with Gasteiger partial charge in [-0.25, -0.2) is 13.1 Å². The van der Waals surface area contributed by atoms with Gasteiger partial charge >= 0.3 is 0 Å². The molecule has 0 saturated heterocycles. The third-order valence-corrected chi connectivity index (χ3v) is 5.82. The molecule has 0 atom stereocenters. The summed E-state index contributed by atoms with van der Waals surface area (Å²) >= 11 is 0. The van der Waals surface area contributed by atoms with Crippen LogP contribution < -0.4 is 14.8 Å². The van der Waals surface area contributed by atoms with Crippen LogP contribution in [0.25, 0.3) is 0 Å². The van der Waals surface area contributed by atoms with Crippen molar-refractivity contribution in [2.45, 2.75) is 18.4 Å². The molecule has 0 saturated carbocycles. The molecule has 3 rings (SSSR count). The van der Waals surface area contributed by atoms with Crippen LogP contribution in [0.15, 0.2) is 77.7 Å². The predicted molar refractivity (Wildman–Crippen MR) is 113 cm³/mol. The van der Waals surface area contributed by atoms with Crippen molar-refractivity contribution in [3.8, 4) is 5.75 Å². The zero-order valence-electron chi connectivity index (χ0n) is 16.2. The van der Waals surface area contributed by atoms with Crippen LogP contribution in [0.4, 0.5) is 5.69 Å². The van der Waals surface area contributed by atoms with E-state index in [-0.39, 0.29) is 17.3 Å². The number of carbonyl (C=O) groups excluding carboxylic acids is 1. The lowest BCUT2D eigenvalue weighted by Crippen LogP contribution is -2.23. The molecule has 0 unspecified atom stereocenters. The summed E-state index contributed by atoms with van der Waals surface area (Å²) < 4.78 is 32.9. The lowest BCUT2D eigenvalue weighted by molar-refractivity contribution is 0.102. The minimum atomic E-state index is -3.69. The summed E-state index contributed by atoms with van der Waals surface area (Å²) in [6.07, 6.45) is 0. The van der Waals surface area contributed by atoms with Crippen LogP contribution in [-0.4, -0.2) is 21.4 Å². The molecule has 0 fully saturated rings. The van der Waals surface area contributed by atoms with E-state index in [1.165, 1.54) is 12.1 Å². The number of aryl methyl sites for hydroxylation is 1. The molecule has 29 heavy (non-hydrogen) atoms. The summed E-state index contributed by atoms with van der Waals surface area (Å²) in [5, 5.41) is 2.81. The molecule has 0 bridgehead atoms. The van der Waals surface area contributed by atoms with Crippen LogP contribution in [0.3, 0.4) is 0 Å². The van der Waals surface area contributed by atoms with Crippen molar-refractivity contribution in [1.82, 2.24) is 4.72 Å². The Bertz CT molecular complexity index is 1100. The number of nitrogens with one attached hydrogen (secondary N) is 2. The van der Waals surface area contributed by atoms with Gasteiger partial charge in [0.15, 0.2) is 0 Å². The molecule has 0 radical (unpaired) electrons. The van der Waals surface area contributed by atoms with Gasteiger partial charge in [0.25, 0.3) is 5.91 Å². The minimum absolute atomic E-state index is 0.140. The topological polar surface area (TPSA) is 84.5 Å². The van der Waals surface area contributed by atoms with Crippen LogP contribution in [0.5, 0.6) is 5.75 Å². The smallest absolute Gasteiger partial charge is 0.255 e. The minimum Gasteiger partial charge on any atom is -0.497 e. The van der Waals surface area contributed by atoms with Crippen LogP contribution >= 0.6 is 0 Å². The van der Waals surface area contributed by atoms with Crippen molar-refractivity contribution >= 4 is 21.6 Å². The fourth-order valence-electron chi connectivity index (χ4n) is 2.73. The van der Waals surface area contributed by atoms with Gasteiger partial charge < -0.3 is 10.1 Å². The molecule has 0 aliphatic heterocycles. The third-order valence-electron chi connectivity index (χ3n) is 4.42. The van der Waals surface area contributed by atoms with Gasteiger partial charge in [0.2, 0.25) is 10.0 Å². The zero-order chi connectivity index (χ0) is 20.9. The summed E-state index contributed by atoms with van der Waals surface area (Å²) in [7, 11) is -2.11. The number of amides is 1. The number of anilines is 1. The maximum absolute atomic E-state index is 12.6. The molecule has 0 aliphatic carbocycles. The number of sulfonamides is 1. The number of carbonyl (C=O) groups is 1. The first-order chi connectivity index (χ1) is 13.9. The highest BCUT2D eigenvalue weighted by Crippen LogP contribution is 2.21. The summed E-state index contributed by atoms with van der Waals surface area (Å²) in [5.74, 6) is 0.460. The van der Waals surface area contributed by atoms with Crippen molar-refractivity contribution in [3.05, 3.63) is 89.5 Å². The molecule has 0 heterocycles. The van der Waals surface area contributed by atoms with Gasteiger partial charge in [-0.3, -0.25) is 4.79 Å². The second kappa shape index (κ2) is 8.89. The maximum Gasteiger partial charge on any atom is 0.255 e. The highest BCUT2D eigenvalue weighted by molar-refractivity contribution is 7.89. The first kappa shape index (κ1) is 20.6. The highest BCUT2D eigenvalue weighted by atomic mass is 32.2. The number of methoxy groups -OCH3 is 1. The number of hydrogen-bond donors (Lipinski definition) is 2. The van der Waals surface area contributed by atoms with Crippen LogP contribution in [-0.2, 0) is 16.6 Å². The Morgan fingerprint density at radius 1 is 0.966 bits per heavy atom. The summed E-state index contributed by atoms with van der Waals surface area (Å²) in [5.41, 5.74) is 2.57. The Labute approximate surface area is 170 Å². The number of rotatable bonds is 7. The Hall–Kier alpha value is -3.16. The van der Waals surface area contributed by atoms with Gasteiger partial charge in [-0.15, -0.1) is 0 Å². The predicted octanol–water partition coefficient (Wildman–Crippen LogP) is 3.73. The molecule has 3 aromatic rings. The Morgan fingerprint density at radius 3 is 2.28 bits per heavy atom. The Kier molecular flexibility index (Phi) is 6.31. The molecule has 150 valence electrons. The van der Waals surface area contributed by atoms with Gasteiger partial charge in [-0.2, -0.15) is 0 Å². The van der Waals surface area contributed by atoms with Gasteiger partial charge in [0, 0.05) is 17.8 Å². The first-order valence-electron chi connectivity index (χ1n) is 8.99. The molecular formula is C22H22N2O4S. The average Bonchev–Trinajstić information content (AvgIpc) is 2.74. The average molecular weight is 410 g/mol. The fraction of sp³-hybridized carbons (Fsp3) is 0.136. The van der Waals surface area contributed by atoms with E-state index in [1.807, 2.05) is 6.07 Å². The van der Waals surface area contributed by atoms with Gasteiger partial charge in [-0.05, 0) is 60.5 Å². The van der Waals surface area contributed by atoms with E-state index in [1.54, 1.807) is 68.6 Å². The number of hydrogen-bond acceptors (Lipinski definition) is 4. The monoisotopic (exact) mass is 410 g/mol. The molecule has 6 nitrogen and oxygen atoms in total. The van der Waals surface area contributed by atoms with E-state index < -0.39 is 10.0 Å². The molecule has 1 amide bonds. The normalized spacial score (nSPS) is 11.1. The van der Waals surface area contributed by atoms with E-state index in [0.29, 0.717) is 22.6 Å². The van der Waals surface area contributed by atoms with Crippen LogP contribution in [0, 0.1) is 6.92 Å². The summed E-state index contributed by atoms with van der Waals surface area (Å²) in [4.78, 5) is 12.4. The standard InChI is InChI=1S/C22H22N2O4S/c1-16-14-20(12-13-21(16)24-22(25)18-6-4-3-5-7-18)29(26,27)23-15-17-8-10-19(28-2)11-9-17/h3-14,23H,15H2,1-2H3,(H,24,25). The van der Waals surface area contributed by atoms with Gasteiger partial charge in [0.05, 0.1) is 12.0 Å². The lowest BCUT2D eigenvalue weighted by atomic mass is 10.1. The molecular weight excluding hydrogens is 388 g/mol. The molecule has 2 N–H and O–H groups in total. The summed E-state index contributed by atoms with van der Waals surface area (Å²) in [6.45, 7) is 1.92. The van der Waals surface area contributed by atoms with Crippen LogP contribution in [0.2, 0.25) is 0 Å². The van der Waals surface area contributed by atoms with Crippen molar-refractivity contribution in [1.29, 1.82) is 0 Å². The Balaban J connectivity index is 1.69. The first-order valence-corrected chi connectivity index (χ1v) is 10.5. The lowest BCUT2D eigenvalue weighted by Gasteiger charge is -2.12.